The zero-order valence-electron chi connectivity index (χ0n) is 16.6. The van der Waals surface area contributed by atoms with E-state index in [1.54, 1.807) is 6.07 Å². The second-order valence-corrected chi connectivity index (χ2v) is 7.95. The number of likely N-dealkylation sites (tertiary alicyclic amines) is 1. The normalized spacial score (nSPS) is 17.7. The van der Waals surface area contributed by atoms with E-state index in [9.17, 15) is 18.3 Å². The van der Waals surface area contributed by atoms with Gasteiger partial charge in [-0.3, -0.25) is 4.90 Å². The summed E-state index contributed by atoms with van der Waals surface area (Å²) in [6.45, 7) is 2.45. The topological polar surface area (TPSA) is 26.7 Å². The summed E-state index contributed by atoms with van der Waals surface area (Å²) in [7, 11) is 0. The maximum absolute atomic E-state index is 13.8. The van der Waals surface area contributed by atoms with Crippen LogP contribution in [0.25, 0.3) is 0 Å². The van der Waals surface area contributed by atoms with Gasteiger partial charge < -0.3 is 10.0 Å². The van der Waals surface area contributed by atoms with Crippen molar-refractivity contribution in [1.29, 1.82) is 0 Å². The lowest BCUT2D eigenvalue weighted by Crippen LogP contribution is -2.41. The number of piperidine rings is 1. The molecule has 1 aliphatic heterocycles. The van der Waals surface area contributed by atoms with Gasteiger partial charge in [-0.05, 0) is 74.2 Å². The van der Waals surface area contributed by atoms with Gasteiger partial charge in [0.15, 0.2) is 0 Å². The molecular formula is C22H26ClF3N2O. The third-order valence-electron chi connectivity index (χ3n) is 5.87. The average Bonchev–Trinajstić information content (AvgIpc) is 2.69. The fraction of sp³-hybridized carbons (Fsp3) is 0.455. The quantitative estimate of drug-likeness (QED) is 0.569. The van der Waals surface area contributed by atoms with E-state index in [0.717, 1.165) is 53.5 Å². The molecule has 1 N–H and O–H groups in total. The van der Waals surface area contributed by atoms with Crippen molar-refractivity contribution in [2.45, 2.75) is 45.7 Å². The molecule has 0 aromatic heterocycles. The number of hydrogen-bond donors (Lipinski definition) is 1. The van der Waals surface area contributed by atoms with Gasteiger partial charge in [0.05, 0.1) is 5.02 Å². The Balaban J connectivity index is 1.79. The van der Waals surface area contributed by atoms with Crippen molar-refractivity contribution in [3.8, 4) is 5.75 Å². The van der Waals surface area contributed by atoms with E-state index in [-0.39, 0.29) is 29.0 Å². The molecule has 1 heterocycles. The molecule has 158 valence electrons. The van der Waals surface area contributed by atoms with E-state index in [2.05, 4.69) is 4.90 Å². The molecule has 0 bridgehead atoms. The van der Waals surface area contributed by atoms with Gasteiger partial charge in [0, 0.05) is 24.8 Å². The predicted molar refractivity (Wildman–Crippen MR) is 111 cm³/mol. The number of phenols is 1. The molecule has 1 saturated heterocycles. The number of anilines is 1. The van der Waals surface area contributed by atoms with Crippen molar-refractivity contribution >= 4 is 17.3 Å². The summed E-state index contributed by atoms with van der Waals surface area (Å²) in [5.41, 5.74) is 3.12. The first-order valence-electron chi connectivity index (χ1n) is 9.82. The van der Waals surface area contributed by atoms with Gasteiger partial charge in [0.1, 0.15) is 11.6 Å². The van der Waals surface area contributed by atoms with Crippen molar-refractivity contribution in [2.75, 3.05) is 24.5 Å². The maximum Gasteiger partial charge on any atom is 0.315 e. The Morgan fingerprint density at radius 3 is 2.62 bits per heavy atom. The highest BCUT2D eigenvalue weighted by Crippen LogP contribution is 2.36. The first-order chi connectivity index (χ1) is 13.8. The van der Waals surface area contributed by atoms with Gasteiger partial charge in [0.2, 0.25) is 0 Å². The molecule has 0 radical (unpaired) electrons. The summed E-state index contributed by atoms with van der Waals surface area (Å²) in [6.07, 6.45) is 3.02. The molecule has 29 heavy (non-hydrogen) atoms. The third-order valence-corrected chi connectivity index (χ3v) is 6.18. The van der Waals surface area contributed by atoms with E-state index in [4.69, 9.17) is 11.6 Å². The smallest absolute Gasteiger partial charge is 0.315 e. The number of halogens is 4. The van der Waals surface area contributed by atoms with E-state index in [1.165, 1.54) is 12.1 Å². The van der Waals surface area contributed by atoms with Crippen LogP contribution in [0, 0.1) is 19.7 Å². The summed E-state index contributed by atoms with van der Waals surface area (Å²) in [5.74, 6) is -0.442. The minimum atomic E-state index is -2.74. The Labute approximate surface area is 174 Å². The van der Waals surface area contributed by atoms with Crippen LogP contribution in [0.1, 0.15) is 42.0 Å². The van der Waals surface area contributed by atoms with Gasteiger partial charge in [-0.2, -0.15) is 8.78 Å². The molecule has 1 atom stereocenters. The molecule has 0 amide bonds. The van der Waals surface area contributed by atoms with Crippen molar-refractivity contribution in [3.05, 3.63) is 57.9 Å². The monoisotopic (exact) mass is 426 g/mol. The Bertz CT molecular complexity index is 862. The molecule has 0 saturated carbocycles. The minimum Gasteiger partial charge on any atom is -0.508 e. The zero-order chi connectivity index (χ0) is 21.1. The van der Waals surface area contributed by atoms with Crippen LogP contribution in [0.3, 0.4) is 0 Å². The highest BCUT2D eigenvalue weighted by atomic mass is 35.5. The Hall–Kier alpha value is -1.92. The van der Waals surface area contributed by atoms with Gasteiger partial charge in [0.25, 0.3) is 0 Å². The van der Waals surface area contributed by atoms with E-state index < -0.39 is 12.4 Å². The van der Waals surface area contributed by atoms with Crippen LogP contribution < -0.4 is 4.90 Å². The zero-order valence-corrected chi connectivity index (χ0v) is 17.4. The molecule has 3 nitrogen and oxygen atoms in total. The number of alkyl halides is 2. The highest BCUT2D eigenvalue weighted by molar-refractivity contribution is 6.30. The standard InChI is InChI=1S/C22H26ClF3N2O/c1-14-15(2)21(29)9-7-17(14)20-5-3-4-10-27(20)11-12-28(22(25)26)16-6-8-18(23)19(24)13-16/h6-9,13,20,22,29H,3-5,10-12H2,1-2H3. The Kier molecular flexibility index (Phi) is 6.96. The van der Waals surface area contributed by atoms with Crippen LogP contribution >= 0.6 is 11.6 Å². The van der Waals surface area contributed by atoms with Crippen LogP contribution in [0.5, 0.6) is 5.75 Å². The first kappa shape index (κ1) is 21.8. The molecular weight excluding hydrogens is 401 g/mol. The van der Waals surface area contributed by atoms with Gasteiger partial charge in [-0.15, -0.1) is 0 Å². The second kappa shape index (κ2) is 9.26. The fourth-order valence-corrected chi connectivity index (χ4v) is 4.16. The van der Waals surface area contributed by atoms with Gasteiger partial charge in [-0.25, -0.2) is 4.39 Å². The summed E-state index contributed by atoms with van der Waals surface area (Å²) < 4.78 is 41.1. The van der Waals surface area contributed by atoms with Crippen LogP contribution in [0.4, 0.5) is 18.9 Å². The lowest BCUT2D eigenvalue weighted by Gasteiger charge is -2.38. The molecule has 2 aromatic carbocycles. The van der Waals surface area contributed by atoms with Crippen LogP contribution in [-0.2, 0) is 0 Å². The number of aromatic hydroxyl groups is 1. The fourth-order valence-electron chi connectivity index (χ4n) is 4.04. The highest BCUT2D eigenvalue weighted by Gasteiger charge is 2.27. The molecule has 7 heteroatoms. The van der Waals surface area contributed by atoms with Crippen molar-refractivity contribution in [2.24, 2.45) is 0 Å². The van der Waals surface area contributed by atoms with E-state index >= 15 is 0 Å². The molecule has 0 aliphatic carbocycles. The number of hydrogen-bond acceptors (Lipinski definition) is 3. The average molecular weight is 427 g/mol. The lowest BCUT2D eigenvalue weighted by molar-refractivity contribution is 0.119. The number of rotatable bonds is 6. The van der Waals surface area contributed by atoms with E-state index in [1.807, 2.05) is 19.9 Å². The SMILES string of the molecule is Cc1c(O)ccc(C2CCCCN2CCN(c2ccc(Cl)c(F)c2)C(F)F)c1C. The summed E-state index contributed by atoms with van der Waals surface area (Å²) >= 11 is 5.68. The largest absolute Gasteiger partial charge is 0.508 e. The number of phenolic OH excluding ortho intramolecular Hbond substituents is 1. The molecule has 1 fully saturated rings. The molecule has 1 unspecified atom stereocenters. The Morgan fingerprint density at radius 2 is 1.93 bits per heavy atom. The summed E-state index contributed by atoms with van der Waals surface area (Å²) in [6, 6.07) is 7.51. The van der Waals surface area contributed by atoms with Crippen molar-refractivity contribution < 1.29 is 18.3 Å². The number of nitrogens with zero attached hydrogens (tertiary/aromatic N) is 2. The van der Waals surface area contributed by atoms with Crippen molar-refractivity contribution in [1.82, 2.24) is 4.90 Å². The predicted octanol–water partition coefficient (Wildman–Crippen LogP) is 6.06. The maximum atomic E-state index is 13.8. The minimum absolute atomic E-state index is 0.0748. The van der Waals surface area contributed by atoms with Crippen LogP contribution in [0.15, 0.2) is 30.3 Å². The summed E-state index contributed by atoms with van der Waals surface area (Å²) in [4.78, 5) is 3.12. The number of benzene rings is 2. The van der Waals surface area contributed by atoms with Crippen LogP contribution in [0.2, 0.25) is 5.02 Å². The summed E-state index contributed by atoms with van der Waals surface area (Å²) in [5, 5.41) is 9.86. The molecule has 2 aromatic rings. The molecule has 1 aliphatic rings. The van der Waals surface area contributed by atoms with Gasteiger partial charge in [-0.1, -0.05) is 24.1 Å². The molecule has 0 spiro atoms. The van der Waals surface area contributed by atoms with Crippen molar-refractivity contribution in [3.63, 3.8) is 0 Å². The first-order valence-corrected chi connectivity index (χ1v) is 10.2. The van der Waals surface area contributed by atoms with E-state index in [0.29, 0.717) is 6.54 Å². The second-order valence-electron chi connectivity index (χ2n) is 7.54. The third kappa shape index (κ3) is 4.81. The Morgan fingerprint density at radius 1 is 1.17 bits per heavy atom. The molecule has 3 rings (SSSR count). The van der Waals surface area contributed by atoms with Crippen LogP contribution in [-0.4, -0.2) is 36.2 Å². The van der Waals surface area contributed by atoms with Gasteiger partial charge >= 0.3 is 6.55 Å². The lowest BCUT2D eigenvalue weighted by atomic mass is 9.90.